The van der Waals surface area contributed by atoms with Crippen molar-refractivity contribution in [1.29, 1.82) is 0 Å². The normalized spacial score (nSPS) is 10.3. The summed E-state index contributed by atoms with van der Waals surface area (Å²) in [4.78, 5) is 9.20. The van der Waals surface area contributed by atoms with Crippen molar-refractivity contribution in [2.75, 3.05) is 24.3 Å². The van der Waals surface area contributed by atoms with Gasteiger partial charge in [0.05, 0.1) is 12.8 Å². The van der Waals surface area contributed by atoms with Crippen LogP contribution in [0.5, 0.6) is 5.75 Å². The molecule has 0 fully saturated rings. The van der Waals surface area contributed by atoms with Crippen LogP contribution >= 0.6 is 0 Å². The Kier molecular flexibility index (Phi) is 5.46. The molecular weight excluding hydrogens is 312 g/mol. The highest BCUT2D eigenvalue weighted by atomic mass is 16.5. The van der Waals surface area contributed by atoms with Gasteiger partial charge < -0.3 is 15.4 Å². The van der Waals surface area contributed by atoms with Crippen molar-refractivity contribution < 1.29 is 4.74 Å². The van der Waals surface area contributed by atoms with Gasteiger partial charge in [0.25, 0.3) is 0 Å². The predicted octanol–water partition coefficient (Wildman–Crippen LogP) is 4.72. The number of rotatable bonds is 7. The molecule has 25 heavy (non-hydrogen) atoms. The second-order valence-electron chi connectivity index (χ2n) is 5.61. The van der Waals surface area contributed by atoms with Gasteiger partial charge in [0.15, 0.2) is 0 Å². The molecule has 0 saturated carbocycles. The molecule has 0 aliphatic rings. The molecule has 5 heteroatoms. The van der Waals surface area contributed by atoms with Crippen LogP contribution in [0.3, 0.4) is 0 Å². The number of aromatic nitrogens is 2. The third kappa shape index (κ3) is 4.47. The van der Waals surface area contributed by atoms with Crippen molar-refractivity contribution in [2.24, 2.45) is 0 Å². The second kappa shape index (κ2) is 8.15. The number of methoxy groups -OCH3 is 1. The van der Waals surface area contributed by atoms with Crippen LogP contribution < -0.4 is 15.4 Å². The van der Waals surface area contributed by atoms with E-state index in [1.807, 2.05) is 60.7 Å². The fourth-order valence-electron chi connectivity index (χ4n) is 2.43. The minimum atomic E-state index is 0.619. The minimum Gasteiger partial charge on any atom is -0.497 e. The van der Waals surface area contributed by atoms with Crippen LogP contribution in [-0.2, 0) is 0 Å². The zero-order valence-electron chi connectivity index (χ0n) is 14.5. The Hall–Kier alpha value is -3.08. The van der Waals surface area contributed by atoms with Crippen molar-refractivity contribution >= 4 is 17.5 Å². The Bertz CT molecular complexity index is 821. The largest absolute Gasteiger partial charge is 0.497 e. The van der Waals surface area contributed by atoms with E-state index in [0.717, 1.165) is 41.5 Å². The molecule has 2 N–H and O–H groups in total. The first kappa shape index (κ1) is 16.8. The number of ether oxygens (including phenoxy) is 1. The van der Waals surface area contributed by atoms with Crippen molar-refractivity contribution in [2.45, 2.75) is 13.3 Å². The standard InChI is InChI=1S/C20H22N4O/c1-3-12-21-20-23-18(15-8-5-4-6-9-15)14-19(24-20)22-16-10-7-11-17(13-16)25-2/h4-11,13-14H,3,12H2,1-2H3,(H2,21,22,23,24). The van der Waals surface area contributed by atoms with Crippen molar-refractivity contribution in [3.05, 3.63) is 60.7 Å². The van der Waals surface area contributed by atoms with E-state index in [1.54, 1.807) is 7.11 Å². The topological polar surface area (TPSA) is 59.1 Å². The summed E-state index contributed by atoms with van der Waals surface area (Å²) >= 11 is 0. The molecule has 5 nitrogen and oxygen atoms in total. The van der Waals surface area contributed by atoms with E-state index >= 15 is 0 Å². The maximum absolute atomic E-state index is 5.28. The van der Waals surface area contributed by atoms with Crippen molar-refractivity contribution in [3.8, 4) is 17.0 Å². The predicted molar refractivity (Wildman–Crippen MR) is 103 cm³/mol. The maximum atomic E-state index is 5.28. The maximum Gasteiger partial charge on any atom is 0.225 e. The zero-order valence-corrected chi connectivity index (χ0v) is 14.5. The van der Waals surface area contributed by atoms with E-state index in [1.165, 1.54) is 0 Å². The summed E-state index contributed by atoms with van der Waals surface area (Å²) in [6, 6.07) is 19.8. The van der Waals surface area contributed by atoms with Gasteiger partial charge in [-0.05, 0) is 18.6 Å². The molecule has 1 aromatic heterocycles. The SMILES string of the molecule is CCCNc1nc(Nc2cccc(OC)c2)cc(-c2ccccc2)n1. The van der Waals surface area contributed by atoms with Gasteiger partial charge in [-0.25, -0.2) is 4.98 Å². The van der Waals surface area contributed by atoms with Gasteiger partial charge in [-0.3, -0.25) is 0 Å². The summed E-state index contributed by atoms with van der Waals surface area (Å²) in [6.07, 6.45) is 1.01. The number of nitrogens with zero attached hydrogens (tertiary/aromatic N) is 2. The van der Waals surface area contributed by atoms with Crippen LogP contribution in [0.25, 0.3) is 11.3 Å². The number of anilines is 3. The number of nitrogens with one attached hydrogen (secondary N) is 2. The molecule has 0 radical (unpaired) electrons. The number of benzene rings is 2. The second-order valence-corrected chi connectivity index (χ2v) is 5.61. The summed E-state index contributed by atoms with van der Waals surface area (Å²) in [5.74, 6) is 2.15. The van der Waals surface area contributed by atoms with Gasteiger partial charge in [-0.1, -0.05) is 43.3 Å². The molecule has 0 saturated heterocycles. The summed E-state index contributed by atoms with van der Waals surface area (Å²) in [5.41, 5.74) is 2.84. The summed E-state index contributed by atoms with van der Waals surface area (Å²) < 4.78 is 5.28. The average molecular weight is 334 g/mol. The van der Waals surface area contributed by atoms with Gasteiger partial charge >= 0.3 is 0 Å². The summed E-state index contributed by atoms with van der Waals surface area (Å²) in [6.45, 7) is 2.94. The van der Waals surface area contributed by atoms with Gasteiger partial charge in [0.1, 0.15) is 11.6 Å². The molecule has 3 aromatic rings. The molecule has 0 aliphatic carbocycles. The fraction of sp³-hybridized carbons (Fsp3) is 0.200. The Morgan fingerprint density at radius 3 is 2.56 bits per heavy atom. The third-order valence-electron chi connectivity index (χ3n) is 3.67. The Morgan fingerprint density at radius 1 is 0.960 bits per heavy atom. The third-order valence-corrected chi connectivity index (χ3v) is 3.67. The Labute approximate surface area is 148 Å². The molecule has 0 aliphatic heterocycles. The molecule has 128 valence electrons. The molecule has 1 heterocycles. The van der Waals surface area contributed by atoms with E-state index < -0.39 is 0 Å². The summed E-state index contributed by atoms with van der Waals surface area (Å²) in [7, 11) is 1.66. The number of hydrogen-bond acceptors (Lipinski definition) is 5. The molecule has 0 bridgehead atoms. The summed E-state index contributed by atoms with van der Waals surface area (Å²) in [5, 5.41) is 6.60. The molecule has 0 unspecified atom stereocenters. The van der Waals surface area contributed by atoms with E-state index in [2.05, 4.69) is 27.5 Å². The van der Waals surface area contributed by atoms with Gasteiger partial charge in [-0.15, -0.1) is 0 Å². The van der Waals surface area contributed by atoms with Gasteiger partial charge in [-0.2, -0.15) is 4.98 Å². The highest BCUT2D eigenvalue weighted by Gasteiger charge is 2.07. The van der Waals surface area contributed by atoms with E-state index in [9.17, 15) is 0 Å². The average Bonchev–Trinajstić information content (AvgIpc) is 2.67. The molecule has 0 amide bonds. The van der Waals surface area contributed by atoms with Gasteiger partial charge in [0.2, 0.25) is 5.95 Å². The highest BCUT2D eigenvalue weighted by molar-refractivity contribution is 5.67. The molecule has 0 atom stereocenters. The van der Waals surface area contributed by atoms with Crippen LogP contribution in [0.2, 0.25) is 0 Å². The lowest BCUT2D eigenvalue weighted by Gasteiger charge is -2.12. The fourth-order valence-corrected chi connectivity index (χ4v) is 2.43. The lowest BCUT2D eigenvalue weighted by atomic mass is 10.1. The van der Waals surface area contributed by atoms with Crippen LogP contribution in [0, 0.1) is 0 Å². The molecule has 0 spiro atoms. The molecular formula is C20H22N4O. The highest BCUT2D eigenvalue weighted by Crippen LogP contribution is 2.25. The van der Waals surface area contributed by atoms with Crippen LogP contribution in [0.1, 0.15) is 13.3 Å². The first-order valence-corrected chi connectivity index (χ1v) is 8.38. The first-order valence-electron chi connectivity index (χ1n) is 8.38. The van der Waals surface area contributed by atoms with E-state index in [4.69, 9.17) is 4.74 Å². The van der Waals surface area contributed by atoms with Crippen molar-refractivity contribution in [3.63, 3.8) is 0 Å². The van der Waals surface area contributed by atoms with E-state index in [0.29, 0.717) is 5.95 Å². The van der Waals surface area contributed by atoms with Crippen LogP contribution in [-0.4, -0.2) is 23.6 Å². The zero-order chi connectivity index (χ0) is 17.5. The smallest absolute Gasteiger partial charge is 0.225 e. The molecule has 2 aromatic carbocycles. The van der Waals surface area contributed by atoms with Crippen molar-refractivity contribution in [1.82, 2.24) is 9.97 Å². The first-order chi connectivity index (χ1) is 12.3. The van der Waals surface area contributed by atoms with Crippen LogP contribution in [0.15, 0.2) is 60.7 Å². The van der Waals surface area contributed by atoms with E-state index in [-0.39, 0.29) is 0 Å². The number of hydrogen-bond donors (Lipinski definition) is 2. The van der Waals surface area contributed by atoms with Gasteiger partial charge in [0, 0.05) is 29.9 Å². The minimum absolute atomic E-state index is 0.619. The lowest BCUT2D eigenvalue weighted by Crippen LogP contribution is -2.07. The Morgan fingerprint density at radius 2 is 1.80 bits per heavy atom. The lowest BCUT2D eigenvalue weighted by molar-refractivity contribution is 0.415. The quantitative estimate of drug-likeness (QED) is 0.655. The monoisotopic (exact) mass is 334 g/mol. The molecule has 3 rings (SSSR count). The van der Waals surface area contributed by atoms with Crippen LogP contribution in [0.4, 0.5) is 17.5 Å². The Balaban J connectivity index is 1.93.